The lowest BCUT2D eigenvalue weighted by Crippen LogP contribution is -2.30. The molecule has 0 aliphatic carbocycles. The number of nitrogens with one attached hydrogen (secondary N) is 1. The van der Waals surface area contributed by atoms with E-state index in [1.54, 1.807) is 13.3 Å². The zero-order valence-electron chi connectivity index (χ0n) is 11.7. The van der Waals surface area contributed by atoms with Crippen molar-refractivity contribution in [3.63, 3.8) is 0 Å². The van der Waals surface area contributed by atoms with Crippen molar-refractivity contribution in [2.24, 2.45) is 0 Å². The molecule has 2 heterocycles. The third-order valence-corrected chi connectivity index (χ3v) is 3.75. The van der Waals surface area contributed by atoms with Crippen LogP contribution >= 0.6 is 0 Å². The molecule has 1 aromatic heterocycles. The van der Waals surface area contributed by atoms with Crippen LogP contribution in [-0.2, 0) is 0 Å². The fraction of sp³-hybridized carbons (Fsp3) is 0.333. The van der Waals surface area contributed by atoms with Crippen LogP contribution in [0.15, 0.2) is 30.5 Å². The van der Waals surface area contributed by atoms with Crippen molar-refractivity contribution in [2.45, 2.75) is 12.5 Å². The predicted octanol–water partition coefficient (Wildman–Crippen LogP) is 2.41. The minimum atomic E-state index is -0.861. The lowest BCUT2D eigenvalue weighted by Gasteiger charge is -2.16. The zero-order valence-corrected chi connectivity index (χ0v) is 11.7. The Bertz CT molecular complexity index is 674. The SMILES string of the molecule is COc1cnc2cccc(N[C@@H]3CCN(C(=O)O)C3)c2c1. The van der Waals surface area contributed by atoms with Gasteiger partial charge in [-0.1, -0.05) is 6.07 Å². The molecule has 0 radical (unpaired) electrons. The standard InChI is InChI=1S/C15H17N3O3/c1-21-11-7-12-13(16-8-11)3-2-4-14(12)17-10-5-6-18(9-10)15(19)20/h2-4,7-8,10,17H,5-6,9H2,1H3,(H,19,20)/t10-/m1/s1. The molecule has 0 saturated carbocycles. The van der Waals surface area contributed by atoms with E-state index in [0.29, 0.717) is 18.8 Å². The smallest absolute Gasteiger partial charge is 0.407 e. The first-order valence-electron chi connectivity index (χ1n) is 6.84. The summed E-state index contributed by atoms with van der Waals surface area (Å²) in [6.07, 6.45) is 1.63. The van der Waals surface area contributed by atoms with E-state index in [0.717, 1.165) is 23.0 Å². The Hall–Kier alpha value is -2.50. The van der Waals surface area contributed by atoms with Gasteiger partial charge < -0.3 is 20.1 Å². The highest BCUT2D eigenvalue weighted by molar-refractivity contribution is 5.92. The minimum Gasteiger partial charge on any atom is -0.495 e. The Morgan fingerprint density at radius 3 is 3.10 bits per heavy atom. The topological polar surface area (TPSA) is 74.7 Å². The number of benzene rings is 1. The molecule has 1 aliphatic rings. The van der Waals surface area contributed by atoms with E-state index in [2.05, 4.69) is 10.3 Å². The molecule has 1 amide bonds. The number of fused-ring (bicyclic) bond motifs is 1. The summed E-state index contributed by atoms with van der Waals surface area (Å²) in [5.41, 5.74) is 1.84. The molecule has 21 heavy (non-hydrogen) atoms. The number of amides is 1. The second kappa shape index (κ2) is 5.47. The Labute approximate surface area is 122 Å². The maximum atomic E-state index is 11.0. The number of nitrogens with zero attached hydrogens (tertiary/aromatic N) is 2. The molecule has 0 spiro atoms. The summed E-state index contributed by atoms with van der Waals surface area (Å²) in [5, 5.41) is 13.4. The molecule has 110 valence electrons. The second-order valence-corrected chi connectivity index (χ2v) is 5.11. The van der Waals surface area contributed by atoms with Crippen LogP contribution in [-0.4, -0.2) is 47.3 Å². The lowest BCUT2D eigenvalue weighted by molar-refractivity contribution is 0.155. The van der Waals surface area contributed by atoms with Crippen LogP contribution in [0.3, 0.4) is 0 Å². The number of likely N-dealkylation sites (tertiary alicyclic amines) is 1. The van der Waals surface area contributed by atoms with Crippen molar-refractivity contribution >= 4 is 22.7 Å². The number of methoxy groups -OCH3 is 1. The number of rotatable bonds is 3. The minimum absolute atomic E-state index is 0.123. The van der Waals surface area contributed by atoms with Crippen LogP contribution in [0.5, 0.6) is 5.75 Å². The first kappa shape index (κ1) is 13.5. The highest BCUT2D eigenvalue weighted by atomic mass is 16.5. The van der Waals surface area contributed by atoms with Crippen molar-refractivity contribution in [2.75, 3.05) is 25.5 Å². The maximum absolute atomic E-state index is 11.0. The number of carbonyl (C=O) groups is 1. The van der Waals surface area contributed by atoms with Gasteiger partial charge >= 0.3 is 6.09 Å². The normalized spacial score (nSPS) is 18.0. The van der Waals surface area contributed by atoms with E-state index >= 15 is 0 Å². The predicted molar refractivity (Wildman–Crippen MR) is 79.9 cm³/mol. The average molecular weight is 287 g/mol. The molecule has 1 aromatic carbocycles. The van der Waals surface area contributed by atoms with Gasteiger partial charge in [-0.2, -0.15) is 0 Å². The van der Waals surface area contributed by atoms with E-state index < -0.39 is 6.09 Å². The Kier molecular flexibility index (Phi) is 3.51. The second-order valence-electron chi connectivity index (χ2n) is 5.11. The molecular weight excluding hydrogens is 270 g/mol. The molecule has 6 nitrogen and oxygen atoms in total. The number of hydrogen-bond acceptors (Lipinski definition) is 4. The summed E-state index contributed by atoms with van der Waals surface area (Å²) in [7, 11) is 1.61. The molecule has 2 N–H and O–H groups in total. The van der Waals surface area contributed by atoms with E-state index in [9.17, 15) is 4.79 Å². The molecule has 0 bridgehead atoms. The van der Waals surface area contributed by atoms with Gasteiger partial charge in [-0.05, 0) is 24.6 Å². The van der Waals surface area contributed by atoms with Crippen molar-refractivity contribution in [1.82, 2.24) is 9.88 Å². The monoisotopic (exact) mass is 287 g/mol. The van der Waals surface area contributed by atoms with Crippen molar-refractivity contribution in [1.29, 1.82) is 0 Å². The van der Waals surface area contributed by atoms with Crippen LogP contribution < -0.4 is 10.1 Å². The quantitative estimate of drug-likeness (QED) is 0.906. The average Bonchev–Trinajstić information content (AvgIpc) is 2.96. The Balaban J connectivity index is 1.85. The van der Waals surface area contributed by atoms with Crippen LogP contribution in [0.2, 0.25) is 0 Å². The van der Waals surface area contributed by atoms with E-state index in [1.807, 2.05) is 24.3 Å². The zero-order chi connectivity index (χ0) is 14.8. The third-order valence-electron chi connectivity index (χ3n) is 3.75. The number of carboxylic acid groups (broad SMARTS) is 1. The van der Waals surface area contributed by atoms with E-state index in [1.165, 1.54) is 4.90 Å². The maximum Gasteiger partial charge on any atom is 0.407 e. The van der Waals surface area contributed by atoms with Crippen LogP contribution in [0.1, 0.15) is 6.42 Å². The van der Waals surface area contributed by atoms with Crippen LogP contribution in [0.4, 0.5) is 10.5 Å². The lowest BCUT2D eigenvalue weighted by atomic mass is 10.1. The van der Waals surface area contributed by atoms with Gasteiger partial charge in [0.25, 0.3) is 0 Å². The van der Waals surface area contributed by atoms with Gasteiger partial charge in [-0.15, -0.1) is 0 Å². The van der Waals surface area contributed by atoms with Crippen molar-refractivity contribution in [3.05, 3.63) is 30.5 Å². The fourth-order valence-corrected chi connectivity index (χ4v) is 2.64. The summed E-state index contributed by atoms with van der Waals surface area (Å²) in [4.78, 5) is 16.8. The van der Waals surface area contributed by atoms with Gasteiger partial charge in [0.15, 0.2) is 0 Å². The molecule has 3 rings (SSSR count). The third kappa shape index (κ3) is 2.69. The van der Waals surface area contributed by atoms with Gasteiger partial charge in [0.1, 0.15) is 5.75 Å². The molecular formula is C15H17N3O3. The first-order chi connectivity index (χ1) is 10.2. The molecule has 1 aliphatic heterocycles. The highest BCUT2D eigenvalue weighted by Gasteiger charge is 2.25. The summed E-state index contributed by atoms with van der Waals surface area (Å²) in [5.74, 6) is 0.704. The molecule has 1 fully saturated rings. The number of hydrogen-bond donors (Lipinski definition) is 2. The molecule has 6 heteroatoms. The first-order valence-corrected chi connectivity index (χ1v) is 6.84. The number of anilines is 1. The molecule has 0 unspecified atom stereocenters. The van der Waals surface area contributed by atoms with Gasteiger partial charge in [0.2, 0.25) is 0 Å². The van der Waals surface area contributed by atoms with E-state index in [-0.39, 0.29) is 6.04 Å². The number of ether oxygens (including phenoxy) is 1. The Morgan fingerprint density at radius 1 is 1.52 bits per heavy atom. The summed E-state index contributed by atoms with van der Waals surface area (Å²) >= 11 is 0. The van der Waals surface area contributed by atoms with Gasteiger partial charge in [-0.25, -0.2) is 4.79 Å². The highest BCUT2D eigenvalue weighted by Crippen LogP contribution is 2.27. The number of pyridine rings is 1. The molecule has 2 aromatic rings. The number of aromatic nitrogens is 1. The van der Waals surface area contributed by atoms with E-state index in [4.69, 9.17) is 9.84 Å². The van der Waals surface area contributed by atoms with Crippen molar-refractivity contribution in [3.8, 4) is 5.75 Å². The van der Waals surface area contributed by atoms with Crippen LogP contribution in [0, 0.1) is 0 Å². The van der Waals surface area contributed by atoms with Crippen LogP contribution in [0.25, 0.3) is 10.9 Å². The van der Waals surface area contributed by atoms with Crippen molar-refractivity contribution < 1.29 is 14.6 Å². The summed E-state index contributed by atoms with van der Waals surface area (Å²) in [6, 6.07) is 7.92. The summed E-state index contributed by atoms with van der Waals surface area (Å²) < 4.78 is 5.22. The summed E-state index contributed by atoms with van der Waals surface area (Å²) in [6.45, 7) is 1.07. The fourth-order valence-electron chi connectivity index (χ4n) is 2.64. The van der Waals surface area contributed by atoms with Gasteiger partial charge in [-0.3, -0.25) is 4.98 Å². The van der Waals surface area contributed by atoms with Gasteiger partial charge in [0.05, 0.1) is 18.8 Å². The van der Waals surface area contributed by atoms with Gasteiger partial charge in [0, 0.05) is 30.2 Å². The molecule has 1 atom stereocenters. The largest absolute Gasteiger partial charge is 0.495 e. The molecule has 1 saturated heterocycles. The Morgan fingerprint density at radius 2 is 2.38 bits per heavy atom.